The molecular formula is C23H22N2O2S. The number of carbonyl (C=O) groups is 1. The van der Waals surface area contributed by atoms with Crippen molar-refractivity contribution >= 4 is 29.0 Å². The Bertz CT molecular complexity index is 993. The van der Waals surface area contributed by atoms with Gasteiger partial charge >= 0.3 is 0 Å². The molecule has 0 spiro atoms. The maximum Gasteiger partial charge on any atom is 0.255 e. The number of allylic oxidation sites excluding steroid dienone is 1. The highest BCUT2D eigenvalue weighted by molar-refractivity contribution is 7.09. The minimum Gasteiger partial charge on any atom is -0.495 e. The van der Waals surface area contributed by atoms with Gasteiger partial charge in [0.25, 0.3) is 5.91 Å². The molecule has 5 heteroatoms. The number of rotatable bonds is 7. The molecule has 1 heterocycles. The Kier molecular flexibility index (Phi) is 6.40. The van der Waals surface area contributed by atoms with Crippen molar-refractivity contribution in [2.45, 2.75) is 13.5 Å². The number of benzene rings is 2. The van der Waals surface area contributed by atoms with E-state index in [1.807, 2.05) is 66.9 Å². The fourth-order valence-corrected chi connectivity index (χ4v) is 3.55. The van der Waals surface area contributed by atoms with Crippen LogP contribution in [0.2, 0.25) is 0 Å². The lowest BCUT2D eigenvalue weighted by Gasteiger charge is -2.15. The molecule has 4 nitrogen and oxygen atoms in total. The lowest BCUT2D eigenvalue weighted by molar-refractivity contribution is 0.0948. The highest BCUT2D eigenvalue weighted by Gasteiger charge is 2.19. The molecule has 0 unspecified atom stereocenters. The molecule has 0 saturated carbocycles. The third-order valence-corrected chi connectivity index (χ3v) is 5.21. The van der Waals surface area contributed by atoms with Crippen molar-refractivity contribution < 1.29 is 9.53 Å². The Morgan fingerprint density at radius 3 is 2.61 bits per heavy atom. The van der Waals surface area contributed by atoms with E-state index in [9.17, 15) is 4.79 Å². The molecule has 0 fully saturated rings. The van der Waals surface area contributed by atoms with Crippen molar-refractivity contribution in [2.75, 3.05) is 7.11 Å². The molecule has 3 rings (SSSR count). The highest BCUT2D eigenvalue weighted by atomic mass is 32.1. The number of hydrogen-bond donors (Lipinski definition) is 2. The van der Waals surface area contributed by atoms with Crippen LogP contribution < -0.4 is 10.1 Å². The van der Waals surface area contributed by atoms with Crippen molar-refractivity contribution in [2.24, 2.45) is 0 Å². The van der Waals surface area contributed by atoms with Crippen LogP contribution in [0.4, 0.5) is 0 Å². The van der Waals surface area contributed by atoms with Gasteiger partial charge in [-0.25, -0.2) is 0 Å². The summed E-state index contributed by atoms with van der Waals surface area (Å²) in [7, 11) is 1.53. The number of thiophene rings is 1. The van der Waals surface area contributed by atoms with E-state index in [-0.39, 0.29) is 5.91 Å². The summed E-state index contributed by atoms with van der Waals surface area (Å²) in [4.78, 5) is 13.8. The molecular weight excluding hydrogens is 368 g/mol. The summed E-state index contributed by atoms with van der Waals surface area (Å²) in [6.45, 7) is 2.38. The van der Waals surface area contributed by atoms with Crippen LogP contribution in [-0.4, -0.2) is 18.7 Å². The Morgan fingerprint density at radius 2 is 1.93 bits per heavy atom. The molecule has 0 aliphatic heterocycles. The van der Waals surface area contributed by atoms with Crippen LogP contribution in [0.5, 0.6) is 5.75 Å². The molecule has 0 radical (unpaired) electrons. The molecule has 0 bridgehead atoms. The fourth-order valence-electron chi connectivity index (χ4n) is 2.91. The molecule has 0 aliphatic rings. The van der Waals surface area contributed by atoms with E-state index in [1.165, 1.54) is 7.11 Å². The Labute approximate surface area is 169 Å². The van der Waals surface area contributed by atoms with Crippen LogP contribution in [0.15, 0.2) is 66.1 Å². The van der Waals surface area contributed by atoms with Crippen LogP contribution in [-0.2, 0) is 6.54 Å². The van der Waals surface area contributed by atoms with Gasteiger partial charge in [-0.1, -0.05) is 48.5 Å². The number of amides is 1. The average Bonchev–Trinajstić information content (AvgIpc) is 3.24. The van der Waals surface area contributed by atoms with Crippen molar-refractivity contribution in [3.8, 4) is 5.75 Å². The average molecular weight is 391 g/mol. The zero-order valence-corrected chi connectivity index (χ0v) is 16.7. The SMILES string of the molecule is COc1c(C(=O)NCc2cccs2)ccc(C)c1C(=N)/C=C/c1ccccc1. The summed E-state index contributed by atoms with van der Waals surface area (Å²) < 4.78 is 5.56. The van der Waals surface area contributed by atoms with Gasteiger partial charge in [0, 0.05) is 10.4 Å². The molecule has 0 aliphatic carbocycles. The van der Waals surface area contributed by atoms with Gasteiger partial charge in [-0.05, 0) is 41.6 Å². The zero-order valence-electron chi connectivity index (χ0n) is 15.9. The summed E-state index contributed by atoms with van der Waals surface area (Å²) in [5, 5.41) is 13.4. The Hall–Kier alpha value is -3.18. The van der Waals surface area contributed by atoms with Crippen LogP contribution in [0.3, 0.4) is 0 Å². The smallest absolute Gasteiger partial charge is 0.255 e. The van der Waals surface area contributed by atoms with Crippen molar-refractivity contribution in [3.63, 3.8) is 0 Å². The highest BCUT2D eigenvalue weighted by Crippen LogP contribution is 2.28. The monoisotopic (exact) mass is 390 g/mol. The summed E-state index contributed by atoms with van der Waals surface area (Å²) in [5.41, 5.74) is 3.24. The van der Waals surface area contributed by atoms with Gasteiger partial charge in [0.1, 0.15) is 5.75 Å². The largest absolute Gasteiger partial charge is 0.495 e. The van der Waals surface area contributed by atoms with E-state index in [4.69, 9.17) is 10.1 Å². The molecule has 1 aromatic heterocycles. The lowest BCUT2D eigenvalue weighted by Crippen LogP contribution is -2.23. The van der Waals surface area contributed by atoms with Crippen molar-refractivity contribution in [3.05, 3.63) is 93.2 Å². The topological polar surface area (TPSA) is 62.2 Å². The molecule has 0 atom stereocenters. The maximum atomic E-state index is 12.7. The quantitative estimate of drug-likeness (QED) is 0.553. The zero-order chi connectivity index (χ0) is 19.9. The summed E-state index contributed by atoms with van der Waals surface area (Å²) in [5.74, 6) is 0.206. The first-order chi connectivity index (χ1) is 13.6. The standard InChI is InChI=1S/C23H22N2O2S/c1-16-10-12-19(23(26)25-15-18-9-6-14-28-18)22(27-2)21(16)20(24)13-11-17-7-4-3-5-8-17/h3-14,24H,15H2,1-2H3,(H,25,26)/b13-11+,24-20?. The second kappa shape index (κ2) is 9.15. The predicted molar refractivity (Wildman–Crippen MR) is 116 cm³/mol. The van der Waals surface area contributed by atoms with Gasteiger partial charge in [-0.15, -0.1) is 11.3 Å². The van der Waals surface area contributed by atoms with Crippen LogP contribution >= 0.6 is 11.3 Å². The predicted octanol–water partition coefficient (Wildman–Crippen LogP) is 5.08. The number of carbonyl (C=O) groups excluding carboxylic acids is 1. The van der Waals surface area contributed by atoms with E-state index >= 15 is 0 Å². The first-order valence-electron chi connectivity index (χ1n) is 8.90. The van der Waals surface area contributed by atoms with Gasteiger partial charge in [-0.3, -0.25) is 4.79 Å². The molecule has 3 aromatic rings. The van der Waals surface area contributed by atoms with E-state index in [0.717, 1.165) is 16.0 Å². The first kappa shape index (κ1) is 19.6. The van der Waals surface area contributed by atoms with Crippen molar-refractivity contribution in [1.29, 1.82) is 5.41 Å². The molecule has 2 aromatic carbocycles. The van der Waals surface area contributed by atoms with E-state index < -0.39 is 0 Å². The number of ether oxygens (including phenoxy) is 1. The third kappa shape index (κ3) is 4.56. The second-order valence-electron chi connectivity index (χ2n) is 6.26. The third-order valence-electron chi connectivity index (χ3n) is 4.33. The number of aryl methyl sites for hydroxylation is 1. The normalized spacial score (nSPS) is 10.8. The molecule has 28 heavy (non-hydrogen) atoms. The Balaban J connectivity index is 1.86. The molecule has 1 amide bonds. The van der Waals surface area contributed by atoms with Crippen molar-refractivity contribution in [1.82, 2.24) is 5.32 Å². The number of hydrogen-bond acceptors (Lipinski definition) is 4. The lowest BCUT2D eigenvalue weighted by atomic mass is 9.97. The first-order valence-corrected chi connectivity index (χ1v) is 9.78. The molecule has 142 valence electrons. The maximum absolute atomic E-state index is 12.7. The number of methoxy groups -OCH3 is 1. The van der Waals surface area contributed by atoms with Gasteiger partial charge in [0.15, 0.2) is 0 Å². The number of nitrogens with one attached hydrogen (secondary N) is 2. The van der Waals surface area contributed by atoms with Crippen LogP contribution in [0.25, 0.3) is 6.08 Å². The van der Waals surface area contributed by atoms with Gasteiger partial charge < -0.3 is 15.5 Å². The minimum absolute atomic E-state index is 0.216. The second-order valence-corrected chi connectivity index (χ2v) is 7.29. The fraction of sp³-hybridized carbons (Fsp3) is 0.130. The summed E-state index contributed by atoms with van der Waals surface area (Å²) in [6, 6.07) is 17.3. The molecule has 0 saturated heterocycles. The summed E-state index contributed by atoms with van der Waals surface area (Å²) >= 11 is 1.60. The van der Waals surface area contributed by atoms with Gasteiger partial charge in [0.2, 0.25) is 0 Å². The minimum atomic E-state index is -0.216. The van der Waals surface area contributed by atoms with Crippen LogP contribution in [0.1, 0.15) is 31.9 Å². The summed E-state index contributed by atoms with van der Waals surface area (Å²) in [6.07, 6.45) is 3.61. The van der Waals surface area contributed by atoms with Gasteiger partial charge in [0.05, 0.1) is 24.9 Å². The van der Waals surface area contributed by atoms with E-state index in [1.54, 1.807) is 23.5 Å². The van der Waals surface area contributed by atoms with Crippen LogP contribution in [0, 0.1) is 12.3 Å². The molecule has 2 N–H and O–H groups in total. The van der Waals surface area contributed by atoms with E-state index in [0.29, 0.717) is 29.1 Å². The Morgan fingerprint density at radius 1 is 1.14 bits per heavy atom. The van der Waals surface area contributed by atoms with Gasteiger partial charge in [-0.2, -0.15) is 0 Å². The van der Waals surface area contributed by atoms with E-state index in [2.05, 4.69) is 5.32 Å².